The van der Waals surface area contributed by atoms with Crippen molar-refractivity contribution in [3.8, 4) is 11.5 Å². The van der Waals surface area contributed by atoms with Gasteiger partial charge in [0.1, 0.15) is 6.04 Å². The Morgan fingerprint density at radius 2 is 2.26 bits per heavy atom. The van der Waals surface area contributed by atoms with E-state index >= 15 is 0 Å². The average molecular weight is 320 g/mol. The Bertz CT molecular complexity index is 722. The Morgan fingerprint density at radius 1 is 1.48 bits per heavy atom. The van der Waals surface area contributed by atoms with E-state index in [1.54, 1.807) is 26.3 Å². The predicted octanol–water partition coefficient (Wildman–Crippen LogP) is 0.920. The van der Waals surface area contributed by atoms with E-state index in [2.05, 4.69) is 15.5 Å². The molecule has 0 spiro atoms. The molecule has 0 aliphatic carbocycles. The van der Waals surface area contributed by atoms with Gasteiger partial charge in [-0.15, -0.1) is 0 Å². The minimum Gasteiger partial charge on any atom is -0.383 e. The summed E-state index contributed by atoms with van der Waals surface area (Å²) in [4.78, 5) is 28.5. The fourth-order valence-electron chi connectivity index (χ4n) is 2.19. The Labute approximate surface area is 133 Å². The van der Waals surface area contributed by atoms with Crippen molar-refractivity contribution in [2.75, 3.05) is 20.3 Å². The van der Waals surface area contributed by atoms with Gasteiger partial charge in [0.2, 0.25) is 5.91 Å². The number of methoxy groups -OCH3 is 1. The van der Waals surface area contributed by atoms with Gasteiger partial charge in [-0.3, -0.25) is 9.59 Å². The van der Waals surface area contributed by atoms with Gasteiger partial charge in [-0.05, 0) is 19.4 Å². The molecule has 2 rings (SSSR count). The lowest BCUT2D eigenvalue weighted by molar-refractivity contribution is -0.124. The molecular formula is C15H20N4O4. The Morgan fingerprint density at radius 3 is 2.87 bits per heavy atom. The summed E-state index contributed by atoms with van der Waals surface area (Å²) >= 11 is 0. The monoisotopic (exact) mass is 320 g/mol. The van der Waals surface area contributed by atoms with Crippen molar-refractivity contribution in [3.63, 3.8) is 0 Å². The molecule has 0 aliphatic rings. The van der Waals surface area contributed by atoms with Crippen LogP contribution in [0, 0.1) is 6.92 Å². The van der Waals surface area contributed by atoms with Crippen LogP contribution in [0.3, 0.4) is 0 Å². The van der Waals surface area contributed by atoms with Crippen LogP contribution in [0.2, 0.25) is 0 Å². The number of carbonyl (C=O) groups is 1. The van der Waals surface area contributed by atoms with Crippen LogP contribution < -0.4 is 10.9 Å². The molecule has 0 aliphatic heterocycles. The first-order chi connectivity index (χ1) is 11.1. The molecule has 1 amide bonds. The van der Waals surface area contributed by atoms with Crippen molar-refractivity contribution in [1.29, 1.82) is 0 Å². The molecule has 2 aromatic heterocycles. The van der Waals surface area contributed by atoms with Crippen LogP contribution in [-0.2, 0) is 9.53 Å². The van der Waals surface area contributed by atoms with Crippen molar-refractivity contribution < 1.29 is 14.1 Å². The average Bonchev–Trinajstić information content (AvgIpc) is 2.96. The van der Waals surface area contributed by atoms with Gasteiger partial charge in [0.15, 0.2) is 5.82 Å². The third kappa shape index (κ3) is 4.04. The molecule has 8 heteroatoms. The number of aromatic nitrogens is 3. The molecule has 0 saturated heterocycles. The van der Waals surface area contributed by atoms with E-state index < -0.39 is 6.04 Å². The number of aryl methyl sites for hydroxylation is 1. The number of amides is 1. The highest BCUT2D eigenvalue weighted by molar-refractivity contribution is 5.80. The maximum absolute atomic E-state index is 12.3. The van der Waals surface area contributed by atoms with Crippen molar-refractivity contribution in [2.45, 2.75) is 26.3 Å². The van der Waals surface area contributed by atoms with Gasteiger partial charge >= 0.3 is 0 Å². The highest BCUT2D eigenvalue weighted by Gasteiger charge is 2.20. The first kappa shape index (κ1) is 16.9. The molecule has 8 nitrogen and oxygen atoms in total. The first-order valence-corrected chi connectivity index (χ1v) is 7.36. The van der Waals surface area contributed by atoms with Crippen molar-refractivity contribution in [2.24, 2.45) is 0 Å². The van der Waals surface area contributed by atoms with Crippen LogP contribution in [0.25, 0.3) is 11.5 Å². The molecule has 1 atom stereocenters. The molecule has 0 bridgehead atoms. The second-order valence-corrected chi connectivity index (χ2v) is 5.02. The normalized spacial score (nSPS) is 12.1. The van der Waals surface area contributed by atoms with Crippen LogP contribution in [0.15, 0.2) is 27.6 Å². The standard InChI is InChI=1S/C15H20N4O4/c1-4-12(14(21)16-7-8-22-3)19-9-11(5-6-13(19)20)15-17-10(2)18-23-15/h5-6,9,12H,4,7-8H2,1-3H3,(H,16,21). The maximum Gasteiger partial charge on any atom is 0.259 e. The lowest BCUT2D eigenvalue weighted by atomic mass is 10.2. The minimum absolute atomic E-state index is 0.231. The fourth-order valence-corrected chi connectivity index (χ4v) is 2.19. The zero-order valence-corrected chi connectivity index (χ0v) is 13.4. The summed E-state index contributed by atoms with van der Waals surface area (Å²) in [5, 5.41) is 6.48. The second-order valence-electron chi connectivity index (χ2n) is 5.02. The van der Waals surface area contributed by atoms with E-state index in [4.69, 9.17) is 9.26 Å². The number of nitrogens with one attached hydrogen (secondary N) is 1. The first-order valence-electron chi connectivity index (χ1n) is 7.36. The maximum atomic E-state index is 12.3. The molecule has 1 N–H and O–H groups in total. The van der Waals surface area contributed by atoms with Crippen LogP contribution in [0.4, 0.5) is 0 Å². The molecule has 0 radical (unpaired) electrons. The molecule has 0 saturated carbocycles. The van der Waals surface area contributed by atoms with Gasteiger partial charge in [-0.25, -0.2) is 0 Å². The van der Waals surface area contributed by atoms with Crippen LogP contribution in [0.5, 0.6) is 0 Å². The number of rotatable bonds is 7. The largest absolute Gasteiger partial charge is 0.383 e. The molecule has 23 heavy (non-hydrogen) atoms. The number of hydrogen-bond acceptors (Lipinski definition) is 6. The van der Waals surface area contributed by atoms with E-state index in [-0.39, 0.29) is 11.5 Å². The van der Waals surface area contributed by atoms with Crippen LogP contribution in [0.1, 0.15) is 25.2 Å². The summed E-state index contributed by atoms with van der Waals surface area (Å²) in [6.07, 6.45) is 2.05. The summed E-state index contributed by atoms with van der Waals surface area (Å²) in [7, 11) is 1.56. The molecule has 2 aromatic rings. The van der Waals surface area contributed by atoms with Crippen molar-refractivity contribution >= 4 is 5.91 Å². The summed E-state index contributed by atoms with van der Waals surface area (Å²) < 4.78 is 11.4. The summed E-state index contributed by atoms with van der Waals surface area (Å²) in [6.45, 7) is 4.36. The number of nitrogens with zero attached hydrogens (tertiary/aromatic N) is 3. The van der Waals surface area contributed by atoms with Gasteiger partial charge in [-0.2, -0.15) is 4.98 Å². The smallest absolute Gasteiger partial charge is 0.259 e. The van der Waals surface area contributed by atoms with Gasteiger partial charge in [-0.1, -0.05) is 12.1 Å². The summed E-state index contributed by atoms with van der Waals surface area (Å²) in [5.74, 6) is 0.582. The number of ether oxygens (including phenoxy) is 1. The third-order valence-corrected chi connectivity index (χ3v) is 3.34. The highest BCUT2D eigenvalue weighted by Crippen LogP contribution is 2.18. The Balaban J connectivity index is 2.29. The Kier molecular flexibility index (Phi) is 5.64. The third-order valence-electron chi connectivity index (χ3n) is 3.34. The fraction of sp³-hybridized carbons (Fsp3) is 0.467. The predicted molar refractivity (Wildman–Crippen MR) is 82.9 cm³/mol. The minimum atomic E-state index is -0.608. The molecule has 0 aromatic carbocycles. The SMILES string of the molecule is CCC(C(=O)NCCOC)n1cc(-c2nc(C)no2)ccc1=O. The van der Waals surface area contributed by atoms with E-state index in [9.17, 15) is 9.59 Å². The molecule has 2 heterocycles. The van der Waals surface area contributed by atoms with E-state index in [0.29, 0.717) is 36.9 Å². The lowest BCUT2D eigenvalue weighted by Gasteiger charge is -2.18. The highest BCUT2D eigenvalue weighted by atomic mass is 16.5. The summed E-state index contributed by atoms with van der Waals surface area (Å²) in [5.41, 5.74) is 0.326. The van der Waals surface area contributed by atoms with E-state index in [1.807, 2.05) is 6.92 Å². The van der Waals surface area contributed by atoms with Crippen LogP contribution >= 0.6 is 0 Å². The number of hydrogen-bond donors (Lipinski definition) is 1. The van der Waals surface area contributed by atoms with Gasteiger partial charge in [0, 0.05) is 25.9 Å². The molecular weight excluding hydrogens is 300 g/mol. The quantitative estimate of drug-likeness (QED) is 0.762. The van der Waals surface area contributed by atoms with E-state index in [1.165, 1.54) is 10.6 Å². The molecule has 1 unspecified atom stereocenters. The molecule has 124 valence electrons. The zero-order valence-electron chi connectivity index (χ0n) is 13.4. The van der Waals surface area contributed by atoms with E-state index in [0.717, 1.165) is 0 Å². The van der Waals surface area contributed by atoms with Crippen molar-refractivity contribution in [3.05, 3.63) is 34.5 Å². The van der Waals surface area contributed by atoms with Gasteiger partial charge in [0.25, 0.3) is 11.4 Å². The topological polar surface area (TPSA) is 99.2 Å². The Hall–Kier alpha value is -2.48. The number of pyridine rings is 1. The van der Waals surface area contributed by atoms with Gasteiger partial charge in [0.05, 0.1) is 12.2 Å². The van der Waals surface area contributed by atoms with Crippen molar-refractivity contribution in [1.82, 2.24) is 20.0 Å². The zero-order chi connectivity index (χ0) is 16.8. The van der Waals surface area contributed by atoms with Crippen LogP contribution in [-0.4, -0.2) is 40.9 Å². The molecule has 0 fully saturated rings. The van der Waals surface area contributed by atoms with Gasteiger partial charge < -0.3 is 19.1 Å². The summed E-state index contributed by atoms with van der Waals surface area (Å²) in [6, 6.07) is 2.38. The number of carbonyl (C=O) groups excluding carboxylic acids is 1. The lowest BCUT2D eigenvalue weighted by Crippen LogP contribution is -2.38. The second kappa shape index (κ2) is 7.68.